The van der Waals surface area contributed by atoms with Gasteiger partial charge in [0.2, 0.25) is 0 Å². The summed E-state index contributed by atoms with van der Waals surface area (Å²) in [6, 6.07) is 19.3. The summed E-state index contributed by atoms with van der Waals surface area (Å²) in [5, 5.41) is 0. The molecule has 0 aliphatic heterocycles. The molecular weight excluding hydrogens is 398 g/mol. The predicted molar refractivity (Wildman–Crippen MR) is 131 cm³/mol. The van der Waals surface area contributed by atoms with Crippen LogP contribution < -0.4 is 0 Å². The molecule has 0 bridgehead atoms. The van der Waals surface area contributed by atoms with E-state index < -0.39 is 11.6 Å². The van der Waals surface area contributed by atoms with Crippen LogP contribution in [-0.2, 0) is 12.8 Å². The predicted octanol–water partition coefficient (Wildman–Crippen LogP) is 8.21. The molecule has 2 heteroatoms. The first-order valence-corrected chi connectivity index (χ1v) is 11.6. The highest BCUT2D eigenvalue weighted by Crippen LogP contribution is 2.22. The molecule has 3 aromatic carbocycles. The van der Waals surface area contributed by atoms with Gasteiger partial charge in [0.15, 0.2) is 0 Å². The quantitative estimate of drug-likeness (QED) is 0.331. The van der Waals surface area contributed by atoms with E-state index in [0.29, 0.717) is 23.8 Å². The van der Waals surface area contributed by atoms with Crippen molar-refractivity contribution in [2.24, 2.45) is 11.8 Å². The molecule has 32 heavy (non-hydrogen) atoms. The van der Waals surface area contributed by atoms with Crippen molar-refractivity contribution in [3.8, 4) is 23.0 Å². The normalized spacial score (nSPS) is 12.7. The fourth-order valence-electron chi connectivity index (χ4n) is 3.67. The molecule has 2 atom stereocenters. The summed E-state index contributed by atoms with van der Waals surface area (Å²) in [4.78, 5) is 0. The molecule has 0 aliphatic carbocycles. The second-order valence-electron chi connectivity index (χ2n) is 8.89. The molecule has 0 amide bonds. The number of hydrogen-bond acceptors (Lipinski definition) is 0. The van der Waals surface area contributed by atoms with E-state index in [4.69, 9.17) is 0 Å². The Morgan fingerprint density at radius 3 is 1.62 bits per heavy atom. The Hall–Kier alpha value is -2.92. The monoisotopic (exact) mass is 430 g/mol. The molecule has 0 nitrogen and oxygen atoms in total. The number of benzene rings is 3. The number of hydrogen-bond donors (Lipinski definition) is 0. The first-order chi connectivity index (χ1) is 15.4. The summed E-state index contributed by atoms with van der Waals surface area (Å²) in [5.41, 5.74) is 4.83. The third kappa shape index (κ3) is 6.30. The highest BCUT2D eigenvalue weighted by atomic mass is 19.1. The Kier molecular flexibility index (Phi) is 8.23. The van der Waals surface area contributed by atoms with Crippen LogP contribution in [0.3, 0.4) is 0 Å². The van der Waals surface area contributed by atoms with Crippen LogP contribution in [-0.4, -0.2) is 0 Å². The van der Waals surface area contributed by atoms with Gasteiger partial charge >= 0.3 is 0 Å². The molecule has 0 N–H and O–H groups in total. The lowest BCUT2D eigenvalue weighted by atomic mass is 9.96. The van der Waals surface area contributed by atoms with Gasteiger partial charge in [0.1, 0.15) is 11.6 Å². The topological polar surface area (TPSA) is 0 Å². The van der Waals surface area contributed by atoms with Gasteiger partial charge in [-0.15, -0.1) is 0 Å². The van der Waals surface area contributed by atoms with E-state index in [0.717, 1.165) is 29.5 Å². The van der Waals surface area contributed by atoms with Crippen molar-refractivity contribution in [3.63, 3.8) is 0 Å². The smallest absolute Gasteiger partial charge is 0.142 e. The number of rotatable bonds is 7. The highest BCUT2D eigenvalue weighted by Gasteiger charge is 2.11. The van der Waals surface area contributed by atoms with Crippen molar-refractivity contribution in [2.75, 3.05) is 0 Å². The van der Waals surface area contributed by atoms with Crippen LogP contribution in [0.1, 0.15) is 62.8 Å². The Labute approximate surface area is 191 Å². The fraction of sp³-hybridized carbons (Fsp3) is 0.333. The number of halogens is 2. The van der Waals surface area contributed by atoms with Crippen molar-refractivity contribution in [2.45, 2.75) is 53.4 Å². The fourth-order valence-corrected chi connectivity index (χ4v) is 3.67. The van der Waals surface area contributed by atoms with Crippen LogP contribution in [0.2, 0.25) is 0 Å². The Morgan fingerprint density at radius 2 is 1.12 bits per heavy atom. The zero-order valence-corrected chi connectivity index (χ0v) is 19.5. The average Bonchev–Trinajstić information content (AvgIpc) is 2.79. The molecule has 0 radical (unpaired) electrons. The molecule has 0 saturated heterocycles. The largest absolute Gasteiger partial charge is 0.206 e. The Balaban J connectivity index is 1.73. The Bertz CT molecular complexity index is 1060. The van der Waals surface area contributed by atoms with Gasteiger partial charge < -0.3 is 0 Å². The summed E-state index contributed by atoms with van der Waals surface area (Å²) in [6.07, 6.45) is 3.92. The minimum absolute atomic E-state index is 0.168. The lowest BCUT2D eigenvalue weighted by Gasteiger charge is -2.09. The molecule has 0 aliphatic rings. The molecule has 0 saturated carbocycles. The molecule has 0 spiro atoms. The maximum Gasteiger partial charge on any atom is 0.142 e. The molecule has 0 heterocycles. The zero-order valence-electron chi connectivity index (χ0n) is 19.5. The Morgan fingerprint density at radius 1 is 0.656 bits per heavy atom. The molecule has 0 fully saturated rings. The van der Waals surface area contributed by atoms with Crippen molar-refractivity contribution in [1.82, 2.24) is 0 Å². The van der Waals surface area contributed by atoms with Crippen molar-refractivity contribution in [3.05, 3.63) is 94.6 Å². The van der Waals surface area contributed by atoms with E-state index in [1.807, 2.05) is 24.3 Å². The lowest BCUT2D eigenvalue weighted by Crippen LogP contribution is -2.01. The maximum atomic E-state index is 14.4. The standard InChI is InChI=1S/C30H32F2/c1-5-21(3)17-24-9-14-27(15-10-24)26-12-7-23(8-13-26)11-16-28-29(31)19-25(20-30(28)32)18-22(4)6-2/h7-10,12-15,19-22H,5-6,17-18H2,1-4H3/t21-,22-/m0/s1. The second kappa shape index (κ2) is 11.1. The minimum atomic E-state index is -0.593. The van der Waals surface area contributed by atoms with Crippen LogP contribution in [0.5, 0.6) is 0 Å². The first-order valence-electron chi connectivity index (χ1n) is 11.6. The van der Waals surface area contributed by atoms with Crippen LogP contribution in [0.4, 0.5) is 8.78 Å². The van der Waals surface area contributed by atoms with Gasteiger partial charge in [-0.1, -0.05) is 88.8 Å². The van der Waals surface area contributed by atoms with Gasteiger partial charge in [0.25, 0.3) is 0 Å². The summed E-state index contributed by atoms with van der Waals surface area (Å²) in [6.45, 7) is 8.64. The van der Waals surface area contributed by atoms with E-state index in [2.05, 4.69) is 63.8 Å². The van der Waals surface area contributed by atoms with Gasteiger partial charge in [-0.05, 0) is 71.2 Å². The van der Waals surface area contributed by atoms with Crippen LogP contribution in [0.25, 0.3) is 11.1 Å². The van der Waals surface area contributed by atoms with Gasteiger partial charge in [-0.25, -0.2) is 8.78 Å². The molecule has 0 aromatic heterocycles. The lowest BCUT2D eigenvalue weighted by molar-refractivity contribution is 0.542. The summed E-state index contributed by atoms with van der Waals surface area (Å²) in [7, 11) is 0. The van der Waals surface area contributed by atoms with Crippen molar-refractivity contribution in [1.29, 1.82) is 0 Å². The van der Waals surface area contributed by atoms with Gasteiger partial charge in [0, 0.05) is 5.56 Å². The first kappa shape index (κ1) is 23.7. The average molecular weight is 431 g/mol. The van der Waals surface area contributed by atoms with Crippen LogP contribution in [0, 0.1) is 35.3 Å². The van der Waals surface area contributed by atoms with Gasteiger partial charge in [0.05, 0.1) is 5.56 Å². The molecule has 0 unspecified atom stereocenters. The summed E-state index contributed by atoms with van der Waals surface area (Å²) in [5.74, 6) is 5.47. The molecule has 3 aromatic rings. The van der Waals surface area contributed by atoms with Crippen LogP contribution >= 0.6 is 0 Å². The van der Waals surface area contributed by atoms with E-state index in [-0.39, 0.29) is 5.56 Å². The van der Waals surface area contributed by atoms with E-state index in [9.17, 15) is 8.78 Å². The second-order valence-corrected chi connectivity index (χ2v) is 8.89. The third-order valence-corrected chi connectivity index (χ3v) is 6.17. The maximum absolute atomic E-state index is 14.4. The molecule has 3 rings (SSSR count). The highest BCUT2D eigenvalue weighted by molar-refractivity contribution is 5.64. The third-order valence-electron chi connectivity index (χ3n) is 6.17. The molecular formula is C30H32F2. The van der Waals surface area contributed by atoms with Crippen molar-refractivity contribution < 1.29 is 8.78 Å². The SMILES string of the molecule is CC[C@H](C)Cc1ccc(-c2ccc(C#Cc3c(F)cc(C[C@@H](C)CC)cc3F)cc2)cc1. The van der Waals surface area contributed by atoms with E-state index in [1.165, 1.54) is 24.1 Å². The van der Waals surface area contributed by atoms with Gasteiger partial charge in [-0.2, -0.15) is 0 Å². The molecule has 166 valence electrons. The minimum Gasteiger partial charge on any atom is -0.206 e. The summed E-state index contributed by atoms with van der Waals surface area (Å²) < 4.78 is 28.9. The van der Waals surface area contributed by atoms with Crippen molar-refractivity contribution >= 4 is 0 Å². The zero-order chi connectivity index (χ0) is 23.1. The summed E-state index contributed by atoms with van der Waals surface area (Å²) >= 11 is 0. The van der Waals surface area contributed by atoms with Gasteiger partial charge in [-0.3, -0.25) is 0 Å². The van der Waals surface area contributed by atoms with Crippen LogP contribution in [0.15, 0.2) is 60.7 Å². The van der Waals surface area contributed by atoms with E-state index in [1.54, 1.807) is 0 Å². The van der Waals surface area contributed by atoms with E-state index >= 15 is 0 Å².